The molecule has 116 valence electrons. The number of benzene rings is 1. The molecule has 0 saturated carbocycles. The highest BCUT2D eigenvalue weighted by Crippen LogP contribution is 2.16. The molecule has 4 nitrogen and oxygen atoms in total. The van der Waals surface area contributed by atoms with Gasteiger partial charge in [0.1, 0.15) is 5.78 Å². The summed E-state index contributed by atoms with van der Waals surface area (Å²) in [6, 6.07) is 9.22. The van der Waals surface area contributed by atoms with Gasteiger partial charge in [0.2, 0.25) is 0 Å². The van der Waals surface area contributed by atoms with Crippen molar-refractivity contribution in [2.45, 2.75) is 38.4 Å². The van der Waals surface area contributed by atoms with Crippen LogP contribution in [-0.4, -0.2) is 31.6 Å². The summed E-state index contributed by atoms with van der Waals surface area (Å²) in [7, 11) is -1.29. The van der Waals surface area contributed by atoms with Gasteiger partial charge in [-0.1, -0.05) is 30.3 Å². The second kappa shape index (κ2) is 7.50. The van der Waals surface area contributed by atoms with Gasteiger partial charge in [0.25, 0.3) is 0 Å². The lowest BCUT2D eigenvalue weighted by Crippen LogP contribution is -2.29. The van der Waals surface area contributed by atoms with Crippen LogP contribution in [0.1, 0.15) is 32.8 Å². The second-order valence-corrected chi connectivity index (χ2v) is 8.27. The van der Waals surface area contributed by atoms with Crippen molar-refractivity contribution in [3.05, 3.63) is 35.9 Å². The van der Waals surface area contributed by atoms with Crippen molar-refractivity contribution >= 4 is 22.6 Å². The Labute approximate surface area is 128 Å². The number of hydrogen-bond acceptors (Lipinski definition) is 3. The quantitative estimate of drug-likeness (QED) is 0.839. The largest absolute Gasteiger partial charge is 0.481 e. The lowest BCUT2D eigenvalue weighted by atomic mass is 9.95. The number of ketones is 1. The van der Waals surface area contributed by atoms with Crippen molar-refractivity contribution < 1.29 is 18.9 Å². The smallest absolute Gasteiger partial charge is 0.307 e. The highest BCUT2D eigenvalue weighted by molar-refractivity contribution is 7.87. The molecule has 2 atom stereocenters. The Morgan fingerprint density at radius 2 is 1.76 bits per heavy atom. The van der Waals surface area contributed by atoms with Gasteiger partial charge in [-0.05, 0) is 32.8 Å². The number of carbonyl (C=O) groups excluding carboxylic acids is 1. The molecule has 0 aromatic heterocycles. The molecule has 0 spiro atoms. The molecule has 0 aliphatic carbocycles. The van der Waals surface area contributed by atoms with Crippen molar-refractivity contribution in [1.29, 1.82) is 0 Å². The van der Waals surface area contributed by atoms with Gasteiger partial charge < -0.3 is 5.11 Å². The number of hydrogen-bond donors (Lipinski definition) is 1. The summed E-state index contributed by atoms with van der Waals surface area (Å²) < 4.78 is 11.5. The topological polar surface area (TPSA) is 71.4 Å². The molecule has 1 aromatic rings. The van der Waals surface area contributed by atoms with Crippen molar-refractivity contribution in [2.24, 2.45) is 5.92 Å². The van der Waals surface area contributed by atoms with E-state index in [-0.39, 0.29) is 18.0 Å². The summed E-state index contributed by atoms with van der Waals surface area (Å²) in [5.74, 6) is -2.10. The fraction of sp³-hybridized carbons (Fsp3) is 0.500. The lowest BCUT2D eigenvalue weighted by molar-refractivity contribution is -0.143. The van der Waals surface area contributed by atoms with Gasteiger partial charge in [0, 0.05) is 22.0 Å². The number of aliphatic carboxylic acids is 1. The van der Waals surface area contributed by atoms with E-state index in [9.17, 15) is 18.9 Å². The third-order valence-corrected chi connectivity index (χ3v) is 5.07. The first-order valence-electron chi connectivity index (χ1n) is 6.87. The summed E-state index contributed by atoms with van der Waals surface area (Å²) >= 11 is 0. The van der Waals surface area contributed by atoms with Crippen molar-refractivity contribution in [3.63, 3.8) is 0 Å². The highest BCUT2D eigenvalue weighted by atomic mass is 32.2. The average molecular weight is 310 g/mol. The maximum atomic E-state index is 11.9. The van der Waals surface area contributed by atoms with Crippen LogP contribution in [0.4, 0.5) is 0 Å². The zero-order chi connectivity index (χ0) is 16.0. The van der Waals surface area contributed by atoms with Crippen LogP contribution in [0.5, 0.6) is 0 Å². The summed E-state index contributed by atoms with van der Waals surface area (Å²) in [5, 5.41) is 9.25. The minimum Gasteiger partial charge on any atom is -0.481 e. The van der Waals surface area contributed by atoms with Gasteiger partial charge in [-0.3, -0.25) is 13.8 Å². The van der Waals surface area contributed by atoms with E-state index in [4.69, 9.17) is 0 Å². The van der Waals surface area contributed by atoms with Gasteiger partial charge in [-0.25, -0.2) is 0 Å². The molecular weight excluding hydrogens is 288 g/mol. The van der Waals surface area contributed by atoms with E-state index < -0.39 is 27.4 Å². The van der Waals surface area contributed by atoms with Crippen LogP contribution in [0.25, 0.3) is 0 Å². The van der Waals surface area contributed by atoms with E-state index in [2.05, 4.69) is 0 Å². The Morgan fingerprint density at radius 1 is 1.19 bits per heavy atom. The molecule has 0 heterocycles. The van der Waals surface area contributed by atoms with Gasteiger partial charge in [-0.2, -0.15) is 0 Å². The number of carbonyl (C=O) groups is 2. The molecule has 0 amide bonds. The van der Waals surface area contributed by atoms with Crippen LogP contribution in [0, 0.1) is 5.92 Å². The van der Waals surface area contributed by atoms with Gasteiger partial charge >= 0.3 is 5.97 Å². The maximum Gasteiger partial charge on any atom is 0.307 e. The predicted molar refractivity (Wildman–Crippen MR) is 83.7 cm³/mol. The van der Waals surface area contributed by atoms with Crippen LogP contribution in [-0.2, 0) is 26.8 Å². The first-order chi connectivity index (χ1) is 9.70. The first kappa shape index (κ1) is 17.6. The van der Waals surface area contributed by atoms with Crippen LogP contribution >= 0.6 is 0 Å². The molecule has 0 aliphatic rings. The monoisotopic (exact) mass is 310 g/mol. The van der Waals surface area contributed by atoms with Crippen LogP contribution in [0.15, 0.2) is 30.3 Å². The normalized spacial score (nSPS) is 14.4. The van der Waals surface area contributed by atoms with Crippen LogP contribution in [0.3, 0.4) is 0 Å². The lowest BCUT2D eigenvalue weighted by Gasteiger charge is -2.18. The van der Waals surface area contributed by atoms with Gasteiger partial charge in [-0.15, -0.1) is 0 Å². The molecule has 5 heteroatoms. The molecule has 1 unspecified atom stereocenters. The van der Waals surface area contributed by atoms with Crippen LogP contribution in [0.2, 0.25) is 0 Å². The van der Waals surface area contributed by atoms with Crippen molar-refractivity contribution in [2.75, 3.05) is 5.75 Å². The molecule has 1 aromatic carbocycles. The standard InChI is InChI=1S/C16H22O4S/c1-16(2,3)21(20)11-14(17)10-13(15(18)19)9-12-7-5-4-6-8-12/h4-8,13H,9-11H2,1-3H3,(H,18,19)/t13-,21?/m1/s1. The predicted octanol–water partition coefficient (Wildman–Crippen LogP) is 2.44. The third kappa shape index (κ3) is 6.21. The molecule has 0 saturated heterocycles. The molecule has 0 radical (unpaired) electrons. The Kier molecular flexibility index (Phi) is 6.27. The van der Waals surface area contributed by atoms with E-state index in [1.165, 1.54) is 0 Å². The molecule has 0 bridgehead atoms. The average Bonchev–Trinajstić information content (AvgIpc) is 2.37. The Hall–Kier alpha value is -1.49. The first-order valence-corrected chi connectivity index (χ1v) is 8.19. The highest BCUT2D eigenvalue weighted by Gasteiger charge is 2.26. The SMILES string of the molecule is CC(C)(C)S(=O)CC(=O)C[C@@H](Cc1ccccc1)C(=O)O. The van der Waals surface area contributed by atoms with Gasteiger partial charge in [0.15, 0.2) is 0 Å². The molecule has 1 N–H and O–H groups in total. The summed E-state index contributed by atoms with van der Waals surface area (Å²) in [6.45, 7) is 5.40. The number of rotatable bonds is 7. The Morgan fingerprint density at radius 3 is 2.24 bits per heavy atom. The Balaban J connectivity index is 2.65. The van der Waals surface area contributed by atoms with Crippen LogP contribution < -0.4 is 0 Å². The number of carboxylic acid groups (broad SMARTS) is 1. The fourth-order valence-electron chi connectivity index (χ4n) is 1.84. The third-order valence-electron chi connectivity index (χ3n) is 3.12. The van der Waals surface area contributed by atoms with Crippen molar-refractivity contribution in [1.82, 2.24) is 0 Å². The molecule has 0 fully saturated rings. The van der Waals surface area contributed by atoms with E-state index in [0.29, 0.717) is 6.42 Å². The van der Waals surface area contributed by atoms with E-state index >= 15 is 0 Å². The maximum absolute atomic E-state index is 11.9. The fourth-order valence-corrected chi connectivity index (χ4v) is 2.69. The summed E-state index contributed by atoms with van der Waals surface area (Å²) in [4.78, 5) is 23.2. The van der Waals surface area contributed by atoms with E-state index in [0.717, 1.165) is 5.56 Å². The minimum atomic E-state index is -1.29. The number of carboxylic acids is 1. The zero-order valence-corrected chi connectivity index (χ0v) is 13.5. The summed E-state index contributed by atoms with van der Waals surface area (Å²) in [5.41, 5.74) is 0.884. The number of Topliss-reactive ketones (excluding diaryl/α,β-unsaturated/α-hetero) is 1. The minimum absolute atomic E-state index is 0.0773. The van der Waals surface area contributed by atoms with E-state index in [1.807, 2.05) is 30.3 Å². The van der Waals surface area contributed by atoms with Crippen molar-refractivity contribution in [3.8, 4) is 0 Å². The molecular formula is C16H22O4S. The Bertz CT molecular complexity index is 517. The summed E-state index contributed by atoms with van der Waals surface area (Å²) in [6.07, 6.45) is 0.232. The van der Waals surface area contributed by atoms with Gasteiger partial charge in [0.05, 0.1) is 11.7 Å². The molecule has 1 rings (SSSR count). The zero-order valence-electron chi connectivity index (χ0n) is 12.7. The molecule has 21 heavy (non-hydrogen) atoms. The second-order valence-electron chi connectivity index (χ2n) is 6.07. The molecule has 0 aliphatic heterocycles. The van der Waals surface area contributed by atoms with E-state index in [1.54, 1.807) is 20.8 Å².